The number of rotatable bonds is 5. The van der Waals surface area contributed by atoms with E-state index in [2.05, 4.69) is 25.6 Å². The van der Waals surface area contributed by atoms with Crippen LogP contribution in [-0.4, -0.2) is 45.5 Å². The summed E-state index contributed by atoms with van der Waals surface area (Å²) >= 11 is 0. The van der Waals surface area contributed by atoms with Gasteiger partial charge < -0.3 is 10.6 Å². The van der Waals surface area contributed by atoms with Gasteiger partial charge in [0, 0.05) is 18.2 Å². The van der Waals surface area contributed by atoms with Gasteiger partial charge in [0.25, 0.3) is 0 Å². The number of benzene rings is 1. The lowest BCUT2D eigenvalue weighted by Gasteiger charge is -2.25. The van der Waals surface area contributed by atoms with Gasteiger partial charge in [-0.25, -0.2) is 27.2 Å². The van der Waals surface area contributed by atoms with E-state index < -0.39 is 21.5 Å². The van der Waals surface area contributed by atoms with Crippen molar-refractivity contribution in [3.8, 4) is 0 Å². The minimum absolute atomic E-state index is 0.0594. The number of anilines is 3. The molecule has 1 aromatic carbocycles. The van der Waals surface area contributed by atoms with Crippen LogP contribution in [0, 0.1) is 11.6 Å². The molecular weight excluding hydrogens is 414 g/mol. The van der Waals surface area contributed by atoms with Crippen LogP contribution in [0.1, 0.15) is 32.7 Å². The van der Waals surface area contributed by atoms with E-state index in [0.717, 1.165) is 12.1 Å². The maximum atomic E-state index is 14.2. The van der Waals surface area contributed by atoms with Gasteiger partial charge in [-0.1, -0.05) is 0 Å². The van der Waals surface area contributed by atoms with Crippen LogP contribution in [0.25, 0.3) is 11.2 Å². The van der Waals surface area contributed by atoms with E-state index in [4.69, 9.17) is 0 Å². The fourth-order valence-electron chi connectivity index (χ4n) is 3.50. The van der Waals surface area contributed by atoms with Crippen LogP contribution in [0.15, 0.2) is 24.4 Å². The number of imidazole rings is 1. The fourth-order valence-corrected chi connectivity index (χ4v) is 4.97. The molecule has 0 atom stereocenters. The monoisotopic (exact) mass is 436 g/mol. The minimum Gasteiger partial charge on any atom is -0.352 e. The highest BCUT2D eigenvalue weighted by Crippen LogP contribution is 2.33. The van der Waals surface area contributed by atoms with Gasteiger partial charge in [0.2, 0.25) is 11.9 Å². The molecule has 1 fully saturated rings. The van der Waals surface area contributed by atoms with E-state index in [1.165, 1.54) is 6.07 Å². The van der Waals surface area contributed by atoms with Gasteiger partial charge >= 0.3 is 0 Å². The molecule has 11 heteroatoms. The number of hydrogen-bond donors (Lipinski definition) is 2. The third-order valence-corrected chi connectivity index (χ3v) is 6.63. The van der Waals surface area contributed by atoms with E-state index in [1.807, 2.05) is 13.8 Å². The molecule has 0 unspecified atom stereocenters. The number of aromatic nitrogens is 4. The second-order valence-electron chi connectivity index (χ2n) is 7.64. The molecule has 3 aromatic rings. The molecule has 3 heterocycles. The van der Waals surface area contributed by atoms with E-state index in [1.54, 1.807) is 10.8 Å². The summed E-state index contributed by atoms with van der Waals surface area (Å²) in [6.07, 6.45) is 2.35. The van der Waals surface area contributed by atoms with Crippen LogP contribution < -0.4 is 10.6 Å². The predicted octanol–water partition coefficient (Wildman–Crippen LogP) is 3.42. The van der Waals surface area contributed by atoms with Crippen molar-refractivity contribution in [2.45, 2.75) is 38.8 Å². The first-order chi connectivity index (χ1) is 14.2. The zero-order valence-corrected chi connectivity index (χ0v) is 17.4. The molecule has 0 saturated carbocycles. The zero-order chi connectivity index (χ0) is 21.5. The summed E-state index contributed by atoms with van der Waals surface area (Å²) in [6.45, 7) is 3.92. The summed E-state index contributed by atoms with van der Waals surface area (Å²) < 4.78 is 53.1. The van der Waals surface area contributed by atoms with Crippen molar-refractivity contribution in [3.05, 3.63) is 36.0 Å². The molecule has 0 aliphatic carbocycles. The second kappa shape index (κ2) is 7.78. The summed E-state index contributed by atoms with van der Waals surface area (Å²) in [6, 6.07) is 3.15. The Bertz CT molecular complexity index is 1180. The Hall–Kier alpha value is -2.82. The number of nitrogens with zero attached hydrogens (tertiary/aromatic N) is 4. The Kier molecular flexibility index (Phi) is 5.31. The molecule has 0 amide bonds. The van der Waals surface area contributed by atoms with Crippen molar-refractivity contribution >= 4 is 38.6 Å². The van der Waals surface area contributed by atoms with Crippen LogP contribution in [0.4, 0.5) is 26.4 Å². The van der Waals surface area contributed by atoms with Gasteiger partial charge in [0.05, 0.1) is 23.4 Å². The molecule has 8 nitrogen and oxygen atoms in total. The normalized spacial score (nSPS) is 16.8. The third kappa shape index (κ3) is 4.20. The Labute approximate surface area is 172 Å². The number of hydrogen-bond acceptors (Lipinski definition) is 7. The fraction of sp³-hybridized carbons (Fsp3) is 0.421. The predicted molar refractivity (Wildman–Crippen MR) is 111 cm³/mol. The maximum absolute atomic E-state index is 14.2. The van der Waals surface area contributed by atoms with Crippen molar-refractivity contribution in [2.75, 3.05) is 22.1 Å². The molecule has 4 rings (SSSR count). The van der Waals surface area contributed by atoms with Crippen LogP contribution in [0.3, 0.4) is 0 Å². The first-order valence-electron chi connectivity index (χ1n) is 9.66. The molecule has 1 aliphatic rings. The molecule has 0 spiro atoms. The first-order valence-corrected chi connectivity index (χ1v) is 11.5. The number of nitrogens with one attached hydrogen (secondary N) is 2. The van der Waals surface area contributed by atoms with Gasteiger partial charge in [-0.2, -0.15) is 4.98 Å². The molecule has 2 N–H and O–H groups in total. The smallest absolute Gasteiger partial charge is 0.224 e. The molecule has 1 aliphatic heterocycles. The third-order valence-electron chi connectivity index (χ3n) is 4.92. The van der Waals surface area contributed by atoms with Crippen molar-refractivity contribution < 1.29 is 17.2 Å². The quantitative estimate of drug-likeness (QED) is 0.632. The van der Waals surface area contributed by atoms with Crippen LogP contribution in [0.2, 0.25) is 0 Å². The SMILES string of the molecule is CC(C)Nc1ncc2nc(Nc3ccc(F)cc3F)n(C3CCS(=O)(=O)CC3)c2n1. The van der Waals surface area contributed by atoms with Crippen molar-refractivity contribution in [1.29, 1.82) is 0 Å². The summed E-state index contributed by atoms with van der Waals surface area (Å²) in [7, 11) is -3.07. The van der Waals surface area contributed by atoms with Crippen LogP contribution >= 0.6 is 0 Å². The highest BCUT2D eigenvalue weighted by molar-refractivity contribution is 7.91. The van der Waals surface area contributed by atoms with Gasteiger partial charge in [0.1, 0.15) is 27.0 Å². The standard InChI is InChI=1S/C19H22F2N6O2S/c1-11(2)23-18-22-10-16-17(26-18)27(13-5-7-30(28,29)8-6-13)19(25-16)24-15-4-3-12(20)9-14(15)21/h3-4,9-11,13H,5-8H2,1-2H3,(H,24,25)(H,22,23,26). The van der Waals surface area contributed by atoms with E-state index in [-0.39, 0.29) is 29.3 Å². The summed E-state index contributed by atoms with van der Waals surface area (Å²) in [5.74, 6) is -0.599. The molecule has 2 aromatic heterocycles. The lowest BCUT2D eigenvalue weighted by atomic mass is 10.1. The van der Waals surface area contributed by atoms with Crippen molar-refractivity contribution in [2.24, 2.45) is 0 Å². The lowest BCUT2D eigenvalue weighted by Crippen LogP contribution is -2.26. The summed E-state index contributed by atoms with van der Waals surface area (Å²) in [5, 5.41) is 6.04. The van der Waals surface area contributed by atoms with Gasteiger partial charge in [-0.15, -0.1) is 0 Å². The van der Waals surface area contributed by atoms with Crippen LogP contribution in [0.5, 0.6) is 0 Å². The average molecular weight is 436 g/mol. The molecule has 160 valence electrons. The van der Waals surface area contributed by atoms with Crippen molar-refractivity contribution in [1.82, 2.24) is 19.5 Å². The van der Waals surface area contributed by atoms with Gasteiger partial charge in [-0.05, 0) is 38.8 Å². The van der Waals surface area contributed by atoms with Gasteiger partial charge in [-0.3, -0.25) is 4.57 Å². The highest BCUT2D eigenvalue weighted by atomic mass is 32.2. The number of halogens is 2. The molecule has 30 heavy (non-hydrogen) atoms. The number of sulfone groups is 1. The summed E-state index contributed by atoms with van der Waals surface area (Å²) in [4.78, 5) is 13.3. The second-order valence-corrected chi connectivity index (χ2v) is 9.94. The topological polar surface area (TPSA) is 102 Å². The maximum Gasteiger partial charge on any atom is 0.224 e. The molecule has 1 saturated heterocycles. The molecule has 0 radical (unpaired) electrons. The van der Waals surface area contributed by atoms with E-state index in [9.17, 15) is 17.2 Å². The summed E-state index contributed by atoms with van der Waals surface area (Å²) in [5.41, 5.74) is 1.06. The Morgan fingerprint density at radius 3 is 2.57 bits per heavy atom. The lowest BCUT2D eigenvalue weighted by molar-refractivity contribution is 0.461. The Balaban J connectivity index is 1.79. The van der Waals surface area contributed by atoms with Crippen molar-refractivity contribution in [3.63, 3.8) is 0 Å². The minimum atomic E-state index is -3.07. The molecular formula is C19H22F2N6O2S. The number of fused-ring (bicyclic) bond motifs is 1. The average Bonchev–Trinajstić information content (AvgIpc) is 3.01. The highest BCUT2D eigenvalue weighted by Gasteiger charge is 2.29. The van der Waals surface area contributed by atoms with Gasteiger partial charge in [0.15, 0.2) is 5.65 Å². The molecule has 0 bridgehead atoms. The van der Waals surface area contributed by atoms with E-state index >= 15 is 0 Å². The van der Waals surface area contributed by atoms with Crippen LogP contribution in [-0.2, 0) is 9.84 Å². The zero-order valence-electron chi connectivity index (χ0n) is 16.6. The Morgan fingerprint density at radius 2 is 1.90 bits per heavy atom. The Morgan fingerprint density at radius 1 is 1.17 bits per heavy atom. The largest absolute Gasteiger partial charge is 0.352 e. The first kappa shape index (κ1) is 20.5. The van der Waals surface area contributed by atoms with E-state index in [0.29, 0.717) is 35.9 Å².